The number of rotatable bonds is 8. The lowest BCUT2D eigenvalue weighted by Crippen LogP contribution is -2.50. The highest BCUT2D eigenvalue weighted by atomic mass is 19.4. The number of hydrazine groups is 1. The van der Waals surface area contributed by atoms with Crippen LogP contribution in [0.5, 0.6) is 0 Å². The molecule has 3 heterocycles. The maximum absolute atomic E-state index is 14.7. The minimum Gasteiger partial charge on any atom is -0.379 e. The van der Waals surface area contributed by atoms with Gasteiger partial charge in [-0.1, -0.05) is 24.8 Å². The van der Waals surface area contributed by atoms with E-state index in [4.69, 9.17) is 0 Å². The molecule has 2 fully saturated rings. The van der Waals surface area contributed by atoms with Crippen molar-refractivity contribution in [1.29, 1.82) is 0 Å². The van der Waals surface area contributed by atoms with E-state index in [2.05, 4.69) is 38.4 Å². The highest BCUT2D eigenvalue weighted by Gasteiger charge is 2.36. The fraction of sp³-hybridized carbons (Fsp3) is 0.444. The smallest absolute Gasteiger partial charge is 0.379 e. The molecule has 0 saturated carbocycles. The van der Waals surface area contributed by atoms with E-state index in [1.165, 1.54) is 19.1 Å². The molecule has 0 radical (unpaired) electrons. The normalized spacial score (nSPS) is 23.9. The van der Waals surface area contributed by atoms with Gasteiger partial charge in [0, 0.05) is 49.6 Å². The number of likely N-dealkylation sites (tertiary alicyclic amines) is 1. The molecule has 4 atom stereocenters. The number of anilines is 1. The summed E-state index contributed by atoms with van der Waals surface area (Å²) in [6.45, 7) is 5.94. The SMILES string of the molecule is C=C(c1nc(/C=C/CNC(=O)C2CNNC2NC(C)=O)cc2c(N[C@@H]3CCN(C)C[C@@H]3F)cccc12)C(F)(F)F. The monoisotopic (exact) mass is 563 g/mol. The predicted octanol–water partition coefficient (Wildman–Crippen LogP) is 2.58. The van der Waals surface area contributed by atoms with E-state index in [0.29, 0.717) is 30.6 Å². The lowest BCUT2D eigenvalue weighted by atomic mass is 9.99. The van der Waals surface area contributed by atoms with Gasteiger partial charge in [0.15, 0.2) is 0 Å². The molecule has 1 aromatic carbocycles. The number of halogens is 4. The van der Waals surface area contributed by atoms with E-state index in [-0.39, 0.29) is 41.7 Å². The van der Waals surface area contributed by atoms with E-state index in [9.17, 15) is 27.2 Å². The first-order valence-electron chi connectivity index (χ1n) is 12.9. The van der Waals surface area contributed by atoms with Crippen LogP contribution < -0.4 is 26.8 Å². The Kier molecular flexibility index (Phi) is 9.06. The molecule has 1 aromatic heterocycles. The zero-order valence-corrected chi connectivity index (χ0v) is 22.2. The van der Waals surface area contributed by atoms with Crippen LogP contribution in [0.15, 0.2) is 36.9 Å². The van der Waals surface area contributed by atoms with Gasteiger partial charge >= 0.3 is 6.18 Å². The Morgan fingerprint density at radius 1 is 1.27 bits per heavy atom. The summed E-state index contributed by atoms with van der Waals surface area (Å²) in [6.07, 6.45) is -2.79. The molecule has 2 aliphatic rings. The zero-order chi connectivity index (χ0) is 29.0. The van der Waals surface area contributed by atoms with Crippen molar-refractivity contribution in [2.45, 2.75) is 37.9 Å². The summed E-state index contributed by atoms with van der Waals surface area (Å²) in [5.74, 6) is -1.15. The van der Waals surface area contributed by atoms with Gasteiger partial charge in [0.25, 0.3) is 0 Å². The Balaban J connectivity index is 1.57. The minimum atomic E-state index is -4.70. The Bertz CT molecular complexity index is 1300. The molecular formula is C27H33F4N7O2. The summed E-state index contributed by atoms with van der Waals surface area (Å²) in [4.78, 5) is 30.1. The van der Waals surface area contributed by atoms with Gasteiger partial charge in [0.05, 0.1) is 28.9 Å². The number of carbonyl (C=O) groups is 2. The summed E-state index contributed by atoms with van der Waals surface area (Å²) < 4.78 is 55.8. The van der Waals surface area contributed by atoms with Crippen LogP contribution in [0.2, 0.25) is 0 Å². The maximum Gasteiger partial charge on any atom is 0.417 e. The minimum absolute atomic E-state index is 0.0798. The quantitative estimate of drug-likeness (QED) is 0.314. The number of aromatic nitrogens is 1. The topological polar surface area (TPSA) is 110 Å². The van der Waals surface area contributed by atoms with Crippen LogP contribution in [-0.4, -0.2) is 79.5 Å². The second-order valence-corrected chi connectivity index (χ2v) is 10.0. The number of hydrogen-bond acceptors (Lipinski definition) is 7. The van der Waals surface area contributed by atoms with Gasteiger partial charge < -0.3 is 20.9 Å². The summed E-state index contributed by atoms with van der Waals surface area (Å²) >= 11 is 0. The van der Waals surface area contributed by atoms with Gasteiger partial charge in [-0.3, -0.25) is 15.0 Å². The van der Waals surface area contributed by atoms with E-state index in [1.807, 2.05) is 11.9 Å². The summed E-state index contributed by atoms with van der Waals surface area (Å²) in [6, 6.07) is 5.98. The average molecular weight is 564 g/mol. The number of nitrogens with one attached hydrogen (secondary N) is 5. The Labute approximate surface area is 229 Å². The molecule has 2 unspecified atom stereocenters. The van der Waals surface area contributed by atoms with Crippen molar-refractivity contribution in [3.63, 3.8) is 0 Å². The van der Waals surface area contributed by atoms with E-state index < -0.39 is 36.0 Å². The number of piperidine rings is 1. The molecule has 2 saturated heterocycles. The van der Waals surface area contributed by atoms with Crippen LogP contribution in [-0.2, 0) is 9.59 Å². The van der Waals surface area contributed by atoms with E-state index >= 15 is 0 Å². The van der Waals surface area contributed by atoms with Crippen molar-refractivity contribution in [3.05, 3.63) is 48.3 Å². The number of nitrogens with zero attached hydrogens (tertiary/aromatic N) is 2. The third-order valence-corrected chi connectivity index (χ3v) is 6.97. The number of amides is 2. The van der Waals surface area contributed by atoms with Gasteiger partial charge in [-0.2, -0.15) is 13.2 Å². The summed E-state index contributed by atoms with van der Waals surface area (Å²) in [5.41, 5.74) is 4.95. The molecule has 4 rings (SSSR count). The Morgan fingerprint density at radius 3 is 2.75 bits per heavy atom. The molecule has 2 aliphatic heterocycles. The fourth-order valence-corrected chi connectivity index (χ4v) is 4.86. The van der Waals surface area contributed by atoms with E-state index in [0.717, 1.165) is 0 Å². The average Bonchev–Trinajstić information content (AvgIpc) is 3.34. The Hall–Kier alpha value is -3.55. The molecular weight excluding hydrogens is 530 g/mol. The highest BCUT2D eigenvalue weighted by molar-refractivity contribution is 6.01. The van der Waals surface area contributed by atoms with Crippen LogP contribution >= 0.6 is 0 Å². The van der Waals surface area contributed by atoms with Crippen molar-refractivity contribution in [2.75, 3.05) is 38.5 Å². The maximum atomic E-state index is 14.7. The molecule has 0 spiro atoms. The molecule has 9 nitrogen and oxygen atoms in total. The van der Waals surface area contributed by atoms with Crippen molar-refractivity contribution in [3.8, 4) is 0 Å². The first kappa shape index (κ1) is 29.4. The number of fused-ring (bicyclic) bond motifs is 1. The van der Waals surface area contributed by atoms with Crippen molar-refractivity contribution in [1.82, 2.24) is 31.4 Å². The van der Waals surface area contributed by atoms with Crippen molar-refractivity contribution in [2.24, 2.45) is 5.92 Å². The van der Waals surface area contributed by atoms with Crippen LogP contribution in [0.4, 0.5) is 23.2 Å². The first-order valence-corrected chi connectivity index (χ1v) is 12.9. The van der Waals surface area contributed by atoms with Gasteiger partial charge in [-0.05, 0) is 31.7 Å². The Morgan fingerprint density at radius 2 is 2.05 bits per heavy atom. The van der Waals surface area contributed by atoms with Gasteiger partial charge in [0.1, 0.15) is 12.3 Å². The van der Waals surface area contributed by atoms with Gasteiger partial charge in [-0.15, -0.1) is 0 Å². The number of benzene rings is 1. The molecule has 216 valence electrons. The number of alkyl halides is 4. The number of pyridine rings is 1. The number of allylic oxidation sites excluding steroid dienone is 1. The van der Waals surface area contributed by atoms with Crippen LogP contribution in [0.3, 0.4) is 0 Å². The third-order valence-electron chi connectivity index (χ3n) is 6.97. The van der Waals surface area contributed by atoms with Gasteiger partial charge in [0.2, 0.25) is 11.8 Å². The second kappa shape index (κ2) is 12.3. The summed E-state index contributed by atoms with van der Waals surface area (Å²) in [5, 5.41) is 9.26. The summed E-state index contributed by atoms with van der Waals surface area (Å²) in [7, 11) is 1.84. The predicted molar refractivity (Wildman–Crippen MR) is 146 cm³/mol. The molecule has 2 aromatic rings. The number of hydrogen-bond donors (Lipinski definition) is 5. The van der Waals surface area contributed by atoms with Crippen LogP contribution in [0, 0.1) is 5.92 Å². The van der Waals surface area contributed by atoms with Crippen molar-refractivity contribution < 1.29 is 27.2 Å². The second-order valence-electron chi connectivity index (χ2n) is 10.0. The molecule has 5 N–H and O–H groups in total. The van der Waals surface area contributed by atoms with Gasteiger partial charge in [-0.25, -0.2) is 14.8 Å². The number of carbonyl (C=O) groups excluding carboxylic acids is 2. The van der Waals surface area contributed by atoms with Crippen LogP contribution in [0.1, 0.15) is 24.7 Å². The molecule has 13 heteroatoms. The molecule has 0 aliphatic carbocycles. The highest BCUT2D eigenvalue weighted by Crippen LogP contribution is 2.37. The lowest BCUT2D eigenvalue weighted by Gasteiger charge is -2.33. The third kappa shape index (κ3) is 6.95. The lowest BCUT2D eigenvalue weighted by molar-refractivity contribution is -0.125. The standard InChI is InChI=1S/C27H33F4N7O2/c1-15(27(29,30)31)24-18-7-4-8-22(36-23-9-11-38(3)14-21(23)28)19(18)12-17(35-24)6-5-10-32-26(40)20-13-33-37-25(20)34-16(2)39/h4-8,12,20-21,23,25,33,36-37H,1,9-11,13-14H2,2-3H3,(H,32,40)(H,34,39)/b6-5+/t20?,21-,23+,25?/m0/s1. The zero-order valence-electron chi connectivity index (χ0n) is 22.2. The fourth-order valence-electron chi connectivity index (χ4n) is 4.86. The van der Waals surface area contributed by atoms with Crippen molar-refractivity contribution >= 4 is 39.9 Å². The molecule has 2 amide bonds. The first-order chi connectivity index (χ1) is 18.9. The van der Waals surface area contributed by atoms with E-state index in [1.54, 1.807) is 24.3 Å². The van der Waals surface area contributed by atoms with Crippen LogP contribution in [0.25, 0.3) is 22.4 Å². The largest absolute Gasteiger partial charge is 0.417 e. The molecule has 40 heavy (non-hydrogen) atoms. The molecule has 0 bridgehead atoms.